The average molecular weight is 270 g/mol. The van der Waals surface area contributed by atoms with Crippen LogP contribution in [0.2, 0.25) is 5.02 Å². The molecule has 0 spiro atoms. The summed E-state index contributed by atoms with van der Waals surface area (Å²) in [4.78, 5) is 10.8. The van der Waals surface area contributed by atoms with E-state index < -0.39 is 0 Å². The van der Waals surface area contributed by atoms with Gasteiger partial charge in [-0.05, 0) is 26.8 Å². The van der Waals surface area contributed by atoms with Gasteiger partial charge in [0.2, 0.25) is 5.95 Å². The number of anilines is 2. The summed E-state index contributed by atoms with van der Waals surface area (Å²) in [6.07, 6.45) is 4.28. The van der Waals surface area contributed by atoms with E-state index in [-0.39, 0.29) is 0 Å². The average Bonchev–Trinajstić information content (AvgIpc) is 3.17. The van der Waals surface area contributed by atoms with E-state index in [0.717, 1.165) is 25.7 Å². The van der Waals surface area contributed by atoms with Crippen LogP contribution in [0.1, 0.15) is 19.8 Å². The summed E-state index contributed by atoms with van der Waals surface area (Å²) in [6, 6.07) is 0.782. The normalized spacial score (nSPS) is 14.9. The minimum atomic E-state index is 0.561. The number of nitrogens with one attached hydrogen (secondary N) is 2. The fourth-order valence-corrected chi connectivity index (χ4v) is 1.94. The predicted octanol–water partition coefficient (Wildman–Crippen LogP) is 2.07. The third-order valence-corrected chi connectivity index (χ3v) is 3.28. The maximum Gasteiger partial charge on any atom is 0.224 e. The van der Waals surface area contributed by atoms with Crippen molar-refractivity contribution in [1.82, 2.24) is 14.9 Å². The van der Waals surface area contributed by atoms with Crippen LogP contribution in [0.3, 0.4) is 0 Å². The van der Waals surface area contributed by atoms with Crippen molar-refractivity contribution in [1.29, 1.82) is 0 Å². The number of halogens is 1. The molecule has 100 valence electrons. The second kappa shape index (κ2) is 6.20. The maximum absolute atomic E-state index is 6.06. The van der Waals surface area contributed by atoms with Crippen LogP contribution in [0.25, 0.3) is 0 Å². The third kappa shape index (κ3) is 3.71. The molecule has 1 heterocycles. The first-order valence-electron chi connectivity index (χ1n) is 6.41. The lowest BCUT2D eigenvalue weighted by atomic mass is 10.5. The molecule has 0 saturated heterocycles. The van der Waals surface area contributed by atoms with Crippen LogP contribution in [-0.4, -0.2) is 47.6 Å². The molecule has 1 aliphatic carbocycles. The van der Waals surface area contributed by atoms with Gasteiger partial charge >= 0.3 is 0 Å². The Morgan fingerprint density at radius 2 is 2.22 bits per heavy atom. The minimum Gasteiger partial charge on any atom is -0.367 e. The first kappa shape index (κ1) is 13.4. The van der Waals surface area contributed by atoms with Crippen molar-refractivity contribution < 1.29 is 0 Å². The molecule has 0 amide bonds. The summed E-state index contributed by atoms with van der Waals surface area (Å²) >= 11 is 6.06. The quantitative estimate of drug-likeness (QED) is 0.794. The van der Waals surface area contributed by atoms with Gasteiger partial charge in [-0.15, -0.1) is 0 Å². The molecule has 0 radical (unpaired) electrons. The standard InChI is InChI=1S/C12H20ClN5/c1-3-14-12-16-8-10(13)11(17-12)15-6-7-18(2)9-4-5-9/h8-9H,3-7H2,1-2H3,(H2,14,15,16,17). The molecule has 1 aromatic heterocycles. The highest BCUT2D eigenvalue weighted by Crippen LogP contribution is 2.25. The minimum absolute atomic E-state index is 0.561. The van der Waals surface area contributed by atoms with Crippen LogP contribution in [0.15, 0.2) is 6.20 Å². The number of nitrogens with zero attached hydrogens (tertiary/aromatic N) is 3. The summed E-state index contributed by atoms with van der Waals surface area (Å²) in [5.74, 6) is 1.31. The fraction of sp³-hybridized carbons (Fsp3) is 0.667. The van der Waals surface area contributed by atoms with Crippen molar-refractivity contribution in [3.05, 3.63) is 11.2 Å². The van der Waals surface area contributed by atoms with E-state index in [4.69, 9.17) is 11.6 Å². The van der Waals surface area contributed by atoms with Gasteiger partial charge in [-0.25, -0.2) is 4.98 Å². The van der Waals surface area contributed by atoms with Gasteiger partial charge in [0.15, 0.2) is 5.82 Å². The summed E-state index contributed by atoms with van der Waals surface area (Å²) in [6.45, 7) is 4.65. The number of hydrogen-bond donors (Lipinski definition) is 2. The summed E-state index contributed by atoms with van der Waals surface area (Å²) in [5.41, 5.74) is 0. The monoisotopic (exact) mass is 269 g/mol. The highest BCUT2D eigenvalue weighted by molar-refractivity contribution is 6.32. The van der Waals surface area contributed by atoms with E-state index in [2.05, 4.69) is 32.5 Å². The Kier molecular flexibility index (Phi) is 4.60. The predicted molar refractivity (Wildman–Crippen MR) is 75.3 cm³/mol. The summed E-state index contributed by atoms with van der Waals surface area (Å²) in [5, 5.41) is 6.89. The number of aromatic nitrogens is 2. The largest absolute Gasteiger partial charge is 0.367 e. The molecule has 0 unspecified atom stereocenters. The Hall–Kier alpha value is -1.07. The van der Waals surface area contributed by atoms with Gasteiger partial charge in [0.25, 0.3) is 0 Å². The van der Waals surface area contributed by atoms with Crippen molar-refractivity contribution >= 4 is 23.4 Å². The molecule has 2 rings (SSSR count). The van der Waals surface area contributed by atoms with E-state index in [9.17, 15) is 0 Å². The van der Waals surface area contributed by atoms with E-state index in [1.807, 2.05) is 6.92 Å². The van der Waals surface area contributed by atoms with Crippen LogP contribution in [0, 0.1) is 0 Å². The molecule has 0 aromatic carbocycles. The Balaban J connectivity index is 1.84. The molecule has 18 heavy (non-hydrogen) atoms. The first-order chi connectivity index (χ1) is 8.70. The molecule has 0 bridgehead atoms. The van der Waals surface area contributed by atoms with Gasteiger partial charge < -0.3 is 15.5 Å². The molecular weight excluding hydrogens is 250 g/mol. The Morgan fingerprint density at radius 1 is 1.44 bits per heavy atom. The SMILES string of the molecule is CCNc1ncc(Cl)c(NCCN(C)C2CC2)n1. The van der Waals surface area contributed by atoms with Gasteiger partial charge in [0, 0.05) is 25.7 Å². The van der Waals surface area contributed by atoms with Gasteiger partial charge in [-0.2, -0.15) is 4.98 Å². The number of likely N-dealkylation sites (N-methyl/N-ethyl adjacent to an activating group) is 1. The highest BCUT2D eigenvalue weighted by Gasteiger charge is 2.25. The fourth-order valence-electron chi connectivity index (χ4n) is 1.78. The molecule has 2 N–H and O–H groups in total. The zero-order valence-electron chi connectivity index (χ0n) is 10.9. The molecule has 0 atom stereocenters. The van der Waals surface area contributed by atoms with Crippen molar-refractivity contribution in [3.63, 3.8) is 0 Å². The molecule has 1 fully saturated rings. The molecule has 5 nitrogen and oxygen atoms in total. The van der Waals surface area contributed by atoms with E-state index in [1.54, 1.807) is 6.20 Å². The smallest absolute Gasteiger partial charge is 0.224 e. The van der Waals surface area contributed by atoms with Crippen LogP contribution in [-0.2, 0) is 0 Å². The van der Waals surface area contributed by atoms with Crippen LogP contribution in [0.4, 0.5) is 11.8 Å². The highest BCUT2D eigenvalue weighted by atomic mass is 35.5. The van der Waals surface area contributed by atoms with Crippen molar-refractivity contribution in [3.8, 4) is 0 Å². The summed E-state index contributed by atoms with van der Waals surface area (Å²) < 4.78 is 0. The van der Waals surface area contributed by atoms with Crippen molar-refractivity contribution in [2.24, 2.45) is 0 Å². The zero-order valence-corrected chi connectivity index (χ0v) is 11.7. The van der Waals surface area contributed by atoms with Crippen molar-refractivity contribution in [2.75, 3.05) is 37.3 Å². The van der Waals surface area contributed by atoms with Crippen LogP contribution in [0.5, 0.6) is 0 Å². The Labute approximate surface area is 113 Å². The van der Waals surface area contributed by atoms with Gasteiger partial charge in [0.05, 0.1) is 6.20 Å². The molecule has 1 aromatic rings. The van der Waals surface area contributed by atoms with E-state index in [1.165, 1.54) is 12.8 Å². The van der Waals surface area contributed by atoms with E-state index >= 15 is 0 Å². The van der Waals surface area contributed by atoms with Crippen molar-refractivity contribution in [2.45, 2.75) is 25.8 Å². The Bertz CT molecular complexity index is 394. The maximum atomic E-state index is 6.06. The van der Waals surface area contributed by atoms with Gasteiger partial charge in [-0.3, -0.25) is 0 Å². The lowest BCUT2D eigenvalue weighted by molar-refractivity contribution is 0.337. The van der Waals surface area contributed by atoms with Crippen LogP contribution < -0.4 is 10.6 Å². The molecule has 1 saturated carbocycles. The van der Waals surface area contributed by atoms with E-state index in [0.29, 0.717) is 16.8 Å². The second-order valence-corrected chi connectivity index (χ2v) is 4.97. The molecule has 1 aliphatic rings. The summed E-state index contributed by atoms with van der Waals surface area (Å²) in [7, 11) is 2.16. The molecule has 0 aliphatic heterocycles. The Morgan fingerprint density at radius 3 is 2.89 bits per heavy atom. The topological polar surface area (TPSA) is 53.1 Å². The lowest BCUT2D eigenvalue weighted by Gasteiger charge is -2.16. The van der Waals surface area contributed by atoms with Crippen LogP contribution >= 0.6 is 11.6 Å². The second-order valence-electron chi connectivity index (χ2n) is 4.56. The van der Waals surface area contributed by atoms with Gasteiger partial charge in [0.1, 0.15) is 5.02 Å². The first-order valence-corrected chi connectivity index (χ1v) is 6.79. The zero-order chi connectivity index (χ0) is 13.0. The lowest BCUT2D eigenvalue weighted by Crippen LogP contribution is -2.27. The van der Waals surface area contributed by atoms with Gasteiger partial charge in [-0.1, -0.05) is 11.6 Å². The third-order valence-electron chi connectivity index (χ3n) is 3.01. The number of hydrogen-bond acceptors (Lipinski definition) is 5. The molecule has 6 heteroatoms. The molecular formula is C12H20ClN5. The number of rotatable bonds is 7.